The minimum Gasteiger partial charge on any atom is -0.463 e. The minimum atomic E-state index is -4.76. The van der Waals surface area contributed by atoms with Crippen LogP contribution in [0, 0.1) is 11.3 Å². The van der Waals surface area contributed by atoms with E-state index in [4.69, 9.17) is 14.9 Å². The molecule has 16 heteroatoms. The lowest BCUT2D eigenvalue weighted by atomic mass is 9.99. The molecule has 1 aromatic carbocycles. The van der Waals surface area contributed by atoms with Gasteiger partial charge in [-0.1, -0.05) is 6.58 Å². The van der Waals surface area contributed by atoms with Gasteiger partial charge in [-0.3, -0.25) is 9.69 Å². The first-order valence-electron chi connectivity index (χ1n) is 14.7. The van der Waals surface area contributed by atoms with Crippen LogP contribution in [-0.4, -0.2) is 88.7 Å². The van der Waals surface area contributed by atoms with E-state index in [2.05, 4.69) is 21.5 Å². The fraction of sp³-hybridized carbons (Fsp3) is 0.387. The number of aromatic nitrogens is 3. The van der Waals surface area contributed by atoms with Crippen LogP contribution in [0.5, 0.6) is 6.01 Å². The maximum Gasteiger partial charge on any atom is 0.418 e. The molecule has 47 heavy (non-hydrogen) atoms. The summed E-state index contributed by atoms with van der Waals surface area (Å²) >= 11 is 0. The number of hydrogen-bond donors (Lipinski definition) is 1. The third-order valence-corrected chi connectivity index (χ3v) is 8.48. The van der Waals surface area contributed by atoms with Crippen LogP contribution in [-0.2, 0) is 11.0 Å². The molecule has 1 amide bonds. The molecule has 0 bridgehead atoms. The topological polar surface area (TPSA) is 138 Å². The van der Waals surface area contributed by atoms with Gasteiger partial charge in [-0.2, -0.15) is 28.4 Å². The summed E-state index contributed by atoms with van der Waals surface area (Å²) in [5.74, 6) is -1.96. The van der Waals surface area contributed by atoms with E-state index in [-0.39, 0.29) is 91.4 Å². The number of anilines is 2. The molecule has 246 valence electrons. The maximum atomic E-state index is 14.2. The molecule has 0 aliphatic carbocycles. The van der Waals surface area contributed by atoms with E-state index < -0.39 is 41.4 Å². The number of pyridine rings is 1. The molecule has 2 aliphatic heterocycles. The van der Waals surface area contributed by atoms with Crippen molar-refractivity contribution < 1.29 is 35.9 Å². The fourth-order valence-corrected chi connectivity index (χ4v) is 6.22. The number of piperazine rings is 1. The predicted octanol–water partition coefficient (Wildman–Crippen LogP) is 4.87. The molecule has 2 N–H and O–H groups in total. The summed E-state index contributed by atoms with van der Waals surface area (Å²) in [6.07, 6.45) is -4.36. The first kappa shape index (κ1) is 31.9. The smallest absolute Gasteiger partial charge is 0.418 e. The van der Waals surface area contributed by atoms with E-state index in [0.29, 0.717) is 5.39 Å². The third-order valence-electron chi connectivity index (χ3n) is 8.48. The van der Waals surface area contributed by atoms with Crippen LogP contribution in [0.2, 0.25) is 0 Å². The number of hydrogen-bond acceptors (Lipinski definition) is 10. The van der Waals surface area contributed by atoms with Crippen LogP contribution in [0.25, 0.3) is 33.1 Å². The number of alkyl halides is 4. The summed E-state index contributed by atoms with van der Waals surface area (Å²) < 4.78 is 82.2. The number of rotatable bonds is 7. The zero-order valence-electron chi connectivity index (χ0n) is 25.1. The summed E-state index contributed by atoms with van der Waals surface area (Å²) in [7, 11) is 1.76. The van der Waals surface area contributed by atoms with Crippen molar-refractivity contribution in [3.8, 4) is 23.3 Å². The van der Waals surface area contributed by atoms with E-state index in [0.717, 1.165) is 12.1 Å². The molecule has 5 heterocycles. The van der Waals surface area contributed by atoms with Crippen LogP contribution in [0.1, 0.15) is 18.4 Å². The van der Waals surface area contributed by atoms with Crippen molar-refractivity contribution >= 4 is 39.4 Å². The number of fused-ring (bicyclic) bond motifs is 3. The molecule has 2 saturated heterocycles. The molecule has 0 radical (unpaired) electrons. The Morgan fingerprint density at radius 2 is 1.98 bits per heavy atom. The van der Waals surface area contributed by atoms with E-state index in [9.17, 15) is 32.0 Å². The lowest BCUT2D eigenvalue weighted by molar-refractivity contribution is -0.137. The van der Waals surface area contributed by atoms with Gasteiger partial charge >= 0.3 is 12.2 Å². The minimum absolute atomic E-state index is 0.0160. The molecule has 3 atom stereocenters. The Bertz CT molecular complexity index is 1910. The number of furan rings is 1. The van der Waals surface area contributed by atoms with Gasteiger partial charge in [-0.25, -0.2) is 13.8 Å². The number of ether oxygens (including phenoxy) is 1. The average Bonchev–Trinajstić information content (AvgIpc) is 3.64. The Balaban J connectivity index is 1.51. The van der Waals surface area contributed by atoms with Crippen molar-refractivity contribution in [2.24, 2.45) is 0 Å². The number of amides is 1. The number of likely N-dealkylation sites (N-methyl/N-ethyl adjacent to an activating group) is 1. The van der Waals surface area contributed by atoms with E-state index in [1.807, 2.05) is 11.0 Å². The van der Waals surface area contributed by atoms with Crippen LogP contribution in [0.4, 0.5) is 33.6 Å². The lowest BCUT2D eigenvalue weighted by Crippen LogP contribution is -2.55. The number of carbonyl (C=O) groups is 1. The van der Waals surface area contributed by atoms with Gasteiger partial charge in [0.1, 0.15) is 30.0 Å². The maximum absolute atomic E-state index is 14.2. The zero-order valence-corrected chi connectivity index (χ0v) is 25.1. The fourth-order valence-electron chi connectivity index (χ4n) is 6.22. The molecular formula is C31H29F5N8O3. The van der Waals surface area contributed by atoms with Crippen molar-refractivity contribution in [2.45, 2.75) is 37.3 Å². The van der Waals surface area contributed by atoms with Gasteiger partial charge in [0.2, 0.25) is 0 Å². The summed E-state index contributed by atoms with van der Waals surface area (Å²) in [6.45, 7) is 3.56. The van der Waals surface area contributed by atoms with Crippen LogP contribution >= 0.6 is 0 Å². The highest BCUT2D eigenvalue weighted by Gasteiger charge is 2.37. The van der Waals surface area contributed by atoms with Crippen molar-refractivity contribution in [1.82, 2.24) is 24.8 Å². The second-order valence-electron chi connectivity index (χ2n) is 11.5. The standard InChI is InChI=1S/C31H29F5N8O3/c1-16(32)29(45)44-9-8-43(14-18(44)5-7-37)28-25-23(39-30(41-28)47-15-19-11-17(33)13-42(19)2)12-21(20-6-10-46-27(20)25)26-22(31(34,35)36)3-4-24(38)40-26/h3-4,6,10,12,17-19H,1,5,8-9,11,13-15H2,2H3,(H2,38,40)/t17-,18+,19+/m1/s1. The Kier molecular flexibility index (Phi) is 8.35. The van der Waals surface area contributed by atoms with Gasteiger partial charge in [0.15, 0.2) is 5.83 Å². The number of likely N-dealkylation sites (tertiary alicyclic amines) is 1. The van der Waals surface area contributed by atoms with Gasteiger partial charge in [-0.05, 0) is 37.7 Å². The number of nitrogens with two attached hydrogens (primary N) is 1. The summed E-state index contributed by atoms with van der Waals surface area (Å²) in [4.78, 5) is 30.6. The Morgan fingerprint density at radius 3 is 2.66 bits per heavy atom. The normalized spacial score (nSPS) is 20.6. The molecule has 11 nitrogen and oxygen atoms in total. The highest BCUT2D eigenvalue weighted by Crippen LogP contribution is 2.43. The molecule has 2 fully saturated rings. The van der Waals surface area contributed by atoms with Gasteiger partial charge in [-0.15, -0.1) is 0 Å². The van der Waals surface area contributed by atoms with Crippen molar-refractivity contribution in [2.75, 3.05) is 50.5 Å². The van der Waals surface area contributed by atoms with E-state index >= 15 is 0 Å². The Morgan fingerprint density at radius 1 is 1.19 bits per heavy atom. The molecule has 4 aromatic rings. The first-order chi connectivity index (χ1) is 22.3. The average molecular weight is 657 g/mol. The van der Waals surface area contributed by atoms with Crippen LogP contribution < -0.4 is 15.4 Å². The highest BCUT2D eigenvalue weighted by atomic mass is 19.4. The van der Waals surface area contributed by atoms with Crippen LogP contribution in [0.15, 0.2) is 47.4 Å². The van der Waals surface area contributed by atoms with Crippen molar-refractivity contribution in [3.05, 3.63) is 48.5 Å². The molecule has 3 aromatic heterocycles. The third kappa shape index (κ3) is 6.10. The second-order valence-corrected chi connectivity index (χ2v) is 11.5. The van der Waals surface area contributed by atoms with Gasteiger partial charge in [0.05, 0.1) is 47.0 Å². The molecule has 0 saturated carbocycles. The number of halogens is 5. The highest BCUT2D eigenvalue weighted by molar-refractivity contribution is 6.14. The number of nitriles is 1. The lowest BCUT2D eigenvalue weighted by Gasteiger charge is -2.41. The number of nitrogen functional groups attached to an aromatic ring is 1. The summed E-state index contributed by atoms with van der Waals surface area (Å²) in [5, 5.41) is 10.1. The molecule has 2 aliphatic rings. The van der Waals surface area contributed by atoms with Crippen molar-refractivity contribution in [3.63, 3.8) is 0 Å². The molecule has 0 spiro atoms. The first-order valence-corrected chi connectivity index (χ1v) is 14.7. The second kappa shape index (κ2) is 12.3. The quantitative estimate of drug-likeness (QED) is 0.217. The Hall–Kier alpha value is -5.04. The largest absolute Gasteiger partial charge is 0.463 e. The van der Waals surface area contributed by atoms with Gasteiger partial charge < -0.3 is 24.7 Å². The zero-order chi connectivity index (χ0) is 33.6. The SMILES string of the molecule is C=C(F)C(=O)N1CCN(c2nc(OC[C@@H]3C[C@@H](F)CN3C)nc3cc(-c4nc(N)ccc4C(F)(F)F)c4ccoc4c23)C[C@@H]1CC#N. The van der Waals surface area contributed by atoms with E-state index in [1.165, 1.54) is 23.3 Å². The predicted molar refractivity (Wildman–Crippen MR) is 162 cm³/mol. The number of benzene rings is 1. The van der Waals surface area contributed by atoms with Gasteiger partial charge in [0.25, 0.3) is 5.91 Å². The Labute approximate surface area is 265 Å². The molecule has 0 unspecified atom stereocenters. The van der Waals surface area contributed by atoms with Gasteiger partial charge in [0, 0.05) is 43.2 Å². The molecule has 6 rings (SSSR count). The molecular weight excluding hydrogens is 627 g/mol. The summed E-state index contributed by atoms with van der Waals surface area (Å²) in [5.41, 5.74) is 4.74. The van der Waals surface area contributed by atoms with Crippen molar-refractivity contribution in [1.29, 1.82) is 5.26 Å². The monoisotopic (exact) mass is 656 g/mol. The summed E-state index contributed by atoms with van der Waals surface area (Å²) in [6, 6.07) is 5.70. The van der Waals surface area contributed by atoms with E-state index in [1.54, 1.807) is 11.9 Å². The number of nitrogens with zero attached hydrogens (tertiary/aromatic N) is 7. The van der Waals surface area contributed by atoms with Crippen LogP contribution in [0.3, 0.4) is 0 Å². The number of carbonyl (C=O) groups excluding carboxylic acids is 1.